The summed E-state index contributed by atoms with van der Waals surface area (Å²) in [6, 6.07) is 16.1. The Morgan fingerprint density at radius 1 is 1.08 bits per heavy atom. The number of nitrogens with one attached hydrogen (secondary N) is 2. The van der Waals surface area contributed by atoms with Crippen molar-refractivity contribution in [1.82, 2.24) is 20.5 Å². The van der Waals surface area contributed by atoms with Crippen molar-refractivity contribution in [2.75, 3.05) is 19.7 Å². The van der Waals surface area contributed by atoms with Crippen LogP contribution in [0.3, 0.4) is 0 Å². The number of carbonyl (C=O) groups excluding carboxylic acids is 3. The number of likely N-dealkylation sites (tertiary alicyclic amines) is 1. The van der Waals surface area contributed by atoms with Crippen LogP contribution in [0.15, 0.2) is 67.0 Å². The fraction of sp³-hybridized carbons (Fsp3) is 0.333. The maximum absolute atomic E-state index is 13.4. The number of fused-ring (bicyclic) bond motifs is 7. The molecule has 2 aromatic carbocycles. The Balaban J connectivity index is 1.36. The van der Waals surface area contributed by atoms with Crippen LogP contribution >= 0.6 is 0 Å². The Morgan fingerprint density at radius 2 is 1.87 bits per heavy atom. The standard InChI is InChI=1S/C30H32N4O5/c1-20-2-6-23-16-27(20)38-19-28(35)32-17-22-3-7-24(8-4-22)39-26-12-15-34(18-25(26)33-30(23)37)29(36)9-5-21-10-13-31-14-11-21/h2-4,6-8,10-11,13-14,16,25-26H,5,9,12,15,17-19H2,1H3,(H,32,35)(H,33,37)/t25-,26-/m0/s1. The summed E-state index contributed by atoms with van der Waals surface area (Å²) in [5, 5.41) is 5.95. The van der Waals surface area contributed by atoms with E-state index in [-0.39, 0.29) is 30.4 Å². The fourth-order valence-electron chi connectivity index (χ4n) is 4.80. The molecule has 0 saturated carbocycles. The van der Waals surface area contributed by atoms with Crippen LogP contribution in [0.4, 0.5) is 0 Å². The molecule has 1 saturated heterocycles. The largest absolute Gasteiger partial charge is 0.488 e. The zero-order valence-corrected chi connectivity index (χ0v) is 21.9. The predicted molar refractivity (Wildman–Crippen MR) is 144 cm³/mol. The van der Waals surface area contributed by atoms with Gasteiger partial charge in [-0.25, -0.2) is 0 Å². The van der Waals surface area contributed by atoms with E-state index in [4.69, 9.17) is 9.47 Å². The maximum Gasteiger partial charge on any atom is 0.258 e. The topological polar surface area (TPSA) is 110 Å². The zero-order valence-electron chi connectivity index (χ0n) is 21.9. The molecule has 3 aliphatic heterocycles. The number of pyridine rings is 1. The molecular formula is C30H32N4O5. The lowest BCUT2D eigenvalue weighted by Gasteiger charge is -2.39. The van der Waals surface area contributed by atoms with Crippen molar-refractivity contribution in [3.05, 3.63) is 89.2 Å². The average molecular weight is 529 g/mol. The van der Waals surface area contributed by atoms with E-state index in [2.05, 4.69) is 15.6 Å². The van der Waals surface area contributed by atoms with Crippen LogP contribution in [0.1, 0.15) is 39.9 Å². The highest BCUT2D eigenvalue weighted by molar-refractivity contribution is 5.95. The molecule has 0 radical (unpaired) electrons. The van der Waals surface area contributed by atoms with Crippen molar-refractivity contribution in [1.29, 1.82) is 0 Å². The smallest absolute Gasteiger partial charge is 0.258 e. The summed E-state index contributed by atoms with van der Waals surface area (Å²) in [7, 11) is 0. The maximum atomic E-state index is 13.4. The number of rotatable bonds is 3. The van der Waals surface area contributed by atoms with Gasteiger partial charge in [-0.1, -0.05) is 18.2 Å². The molecule has 9 nitrogen and oxygen atoms in total. The summed E-state index contributed by atoms with van der Waals surface area (Å²) in [6.07, 6.45) is 4.71. The normalized spacial score (nSPS) is 19.6. The van der Waals surface area contributed by atoms with E-state index in [1.807, 2.05) is 43.3 Å². The van der Waals surface area contributed by atoms with Crippen molar-refractivity contribution in [2.24, 2.45) is 0 Å². The molecule has 1 aromatic heterocycles. The number of hydrogen-bond donors (Lipinski definition) is 2. The van der Waals surface area contributed by atoms with Gasteiger partial charge in [0, 0.05) is 50.4 Å². The monoisotopic (exact) mass is 528 g/mol. The first kappa shape index (κ1) is 26.2. The third kappa shape index (κ3) is 6.73. The van der Waals surface area contributed by atoms with Gasteiger partial charge in [0.25, 0.3) is 11.8 Å². The van der Waals surface area contributed by atoms with Crippen molar-refractivity contribution in [2.45, 2.75) is 44.9 Å². The van der Waals surface area contributed by atoms with Crippen molar-refractivity contribution in [3.8, 4) is 11.5 Å². The molecule has 9 heteroatoms. The van der Waals surface area contributed by atoms with Gasteiger partial charge in [0.15, 0.2) is 6.61 Å². The zero-order chi connectivity index (χ0) is 27.2. The third-order valence-corrected chi connectivity index (χ3v) is 7.11. The lowest BCUT2D eigenvalue weighted by molar-refractivity contribution is -0.133. The van der Waals surface area contributed by atoms with E-state index < -0.39 is 6.04 Å². The molecule has 2 N–H and O–H groups in total. The summed E-state index contributed by atoms with van der Waals surface area (Å²) in [6.45, 7) is 2.95. The number of carbonyl (C=O) groups is 3. The van der Waals surface area contributed by atoms with Gasteiger partial charge in [0.1, 0.15) is 17.6 Å². The second-order valence-corrected chi connectivity index (χ2v) is 9.91. The van der Waals surface area contributed by atoms with Gasteiger partial charge in [0.2, 0.25) is 5.91 Å². The van der Waals surface area contributed by atoms with E-state index >= 15 is 0 Å². The molecule has 3 amide bonds. The van der Waals surface area contributed by atoms with E-state index in [9.17, 15) is 14.4 Å². The molecule has 4 bridgehead atoms. The molecule has 0 unspecified atom stereocenters. The third-order valence-electron chi connectivity index (χ3n) is 7.11. The van der Waals surface area contributed by atoms with Gasteiger partial charge >= 0.3 is 0 Å². The highest BCUT2D eigenvalue weighted by atomic mass is 16.5. The minimum atomic E-state index is -0.416. The molecule has 0 spiro atoms. The number of ether oxygens (including phenoxy) is 2. The molecular weight excluding hydrogens is 496 g/mol. The quantitative estimate of drug-likeness (QED) is 0.541. The highest BCUT2D eigenvalue weighted by Crippen LogP contribution is 2.23. The van der Waals surface area contributed by atoms with Crippen LogP contribution in [0.5, 0.6) is 11.5 Å². The molecule has 4 heterocycles. The number of aromatic nitrogens is 1. The van der Waals surface area contributed by atoms with Crippen LogP contribution in [0.25, 0.3) is 0 Å². The Labute approximate surface area is 227 Å². The van der Waals surface area contributed by atoms with Crippen LogP contribution in [0.2, 0.25) is 0 Å². The predicted octanol–water partition coefficient (Wildman–Crippen LogP) is 2.81. The number of benzene rings is 2. The first-order valence-electron chi connectivity index (χ1n) is 13.2. The summed E-state index contributed by atoms with van der Waals surface area (Å²) in [5.41, 5.74) is 3.21. The van der Waals surface area contributed by atoms with Crippen LogP contribution in [-0.4, -0.2) is 59.4 Å². The molecule has 39 heavy (non-hydrogen) atoms. The summed E-state index contributed by atoms with van der Waals surface area (Å²) >= 11 is 0. The van der Waals surface area contributed by atoms with Crippen LogP contribution < -0.4 is 20.1 Å². The van der Waals surface area contributed by atoms with Gasteiger partial charge in [-0.3, -0.25) is 19.4 Å². The van der Waals surface area contributed by atoms with Gasteiger partial charge in [-0.05, 0) is 66.4 Å². The number of amides is 3. The van der Waals surface area contributed by atoms with Crippen LogP contribution in [-0.2, 0) is 22.6 Å². The molecule has 3 aromatic rings. The minimum Gasteiger partial charge on any atom is -0.488 e. The van der Waals surface area contributed by atoms with Gasteiger partial charge in [-0.15, -0.1) is 0 Å². The SMILES string of the molecule is Cc1ccc2cc1OCC(=O)NCc1ccc(cc1)O[C@H]1CCN(C(=O)CCc3ccncc3)C[C@@H]1NC2=O. The molecule has 0 aliphatic carbocycles. The van der Waals surface area contributed by atoms with E-state index in [0.717, 1.165) is 16.7 Å². The first-order valence-corrected chi connectivity index (χ1v) is 13.2. The highest BCUT2D eigenvalue weighted by Gasteiger charge is 2.34. The molecule has 1 fully saturated rings. The number of piperidine rings is 1. The van der Waals surface area contributed by atoms with Crippen LogP contribution in [0, 0.1) is 6.92 Å². The second-order valence-electron chi connectivity index (χ2n) is 9.91. The molecule has 3 aliphatic rings. The second kappa shape index (κ2) is 12.0. The van der Waals surface area contributed by atoms with Crippen molar-refractivity contribution >= 4 is 17.7 Å². The van der Waals surface area contributed by atoms with Gasteiger partial charge in [0.05, 0.1) is 6.04 Å². The number of hydrogen-bond acceptors (Lipinski definition) is 6. The number of nitrogens with zero attached hydrogens (tertiary/aromatic N) is 2. The van der Waals surface area contributed by atoms with Gasteiger partial charge < -0.3 is 25.0 Å². The first-order chi connectivity index (χ1) is 18.9. The Hall–Kier alpha value is -4.40. The Morgan fingerprint density at radius 3 is 2.67 bits per heavy atom. The Kier molecular flexibility index (Phi) is 8.05. The van der Waals surface area contributed by atoms with E-state index in [0.29, 0.717) is 56.0 Å². The van der Waals surface area contributed by atoms with Gasteiger partial charge in [-0.2, -0.15) is 0 Å². The summed E-state index contributed by atoms with van der Waals surface area (Å²) in [5.74, 6) is 0.616. The number of aryl methyl sites for hydroxylation is 2. The molecule has 202 valence electrons. The lowest BCUT2D eigenvalue weighted by atomic mass is 10.00. The minimum absolute atomic E-state index is 0.0374. The summed E-state index contributed by atoms with van der Waals surface area (Å²) < 4.78 is 12.1. The van der Waals surface area contributed by atoms with E-state index in [1.54, 1.807) is 35.5 Å². The Bertz CT molecular complexity index is 1330. The van der Waals surface area contributed by atoms with Crippen molar-refractivity contribution < 1.29 is 23.9 Å². The lowest BCUT2D eigenvalue weighted by Crippen LogP contribution is -2.58. The molecule has 2 atom stereocenters. The molecule has 6 rings (SSSR count). The summed E-state index contributed by atoms with van der Waals surface area (Å²) in [4.78, 5) is 44.6. The average Bonchev–Trinajstić information content (AvgIpc) is 2.96. The van der Waals surface area contributed by atoms with Crippen molar-refractivity contribution in [3.63, 3.8) is 0 Å². The fourth-order valence-corrected chi connectivity index (χ4v) is 4.80. The van der Waals surface area contributed by atoms with E-state index in [1.165, 1.54) is 0 Å².